The zero-order valence-electron chi connectivity index (χ0n) is 12.1. The van der Waals surface area contributed by atoms with Gasteiger partial charge in [-0.1, -0.05) is 17.7 Å². The molecule has 1 aliphatic rings. The summed E-state index contributed by atoms with van der Waals surface area (Å²) in [6.45, 7) is 3.26. The van der Waals surface area contributed by atoms with Gasteiger partial charge in [0, 0.05) is 30.9 Å². The fourth-order valence-corrected chi connectivity index (χ4v) is 2.89. The highest BCUT2D eigenvalue weighted by Gasteiger charge is 2.25. The molecule has 1 aliphatic heterocycles. The molecule has 0 radical (unpaired) electrons. The van der Waals surface area contributed by atoms with Gasteiger partial charge in [-0.3, -0.25) is 0 Å². The quantitative estimate of drug-likeness (QED) is 0.922. The molecule has 0 spiro atoms. The average Bonchev–Trinajstić information content (AvgIpc) is 2.97. The molecule has 2 heterocycles. The molecule has 110 valence electrons. The van der Waals surface area contributed by atoms with Crippen molar-refractivity contribution in [2.45, 2.75) is 25.7 Å². The van der Waals surface area contributed by atoms with E-state index in [1.54, 1.807) is 0 Å². The standard InChI is InChI=1S/C16H19N3O2/c1-12-2-4-14(5-3-12)19-15(6-9-17-19)13-7-10-18(11-8-13)16(20)21/h2-6,9,13H,7-8,10-11H2,1H3,(H,20,21). The fourth-order valence-electron chi connectivity index (χ4n) is 2.89. The molecular formula is C16H19N3O2. The Hall–Kier alpha value is -2.30. The van der Waals surface area contributed by atoms with Gasteiger partial charge in [0.1, 0.15) is 0 Å². The average molecular weight is 285 g/mol. The number of nitrogens with zero attached hydrogens (tertiary/aromatic N) is 3. The Bertz CT molecular complexity index is 625. The molecule has 3 rings (SSSR count). The molecule has 0 bridgehead atoms. The molecule has 21 heavy (non-hydrogen) atoms. The summed E-state index contributed by atoms with van der Waals surface area (Å²) in [6, 6.07) is 10.3. The van der Waals surface area contributed by atoms with Crippen molar-refractivity contribution in [2.75, 3.05) is 13.1 Å². The van der Waals surface area contributed by atoms with Crippen LogP contribution in [0.1, 0.15) is 30.0 Å². The Labute approximate surface area is 123 Å². The Morgan fingerprint density at radius 1 is 1.19 bits per heavy atom. The summed E-state index contributed by atoms with van der Waals surface area (Å²) in [4.78, 5) is 12.5. The maximum absolute atomic E-state index is 11.0. The first-order valence-electron chi connectivity index (χ1n) is 7.24. The first-order chi connectivity index (χ1) is 10.1. The normalized spacial score (nSPS) is 16.1. The maximum atomic E-state index is 11.0. The van der Waals surface area contributed by atoms with Crippen LogP contribution in [0.5, 0.6) is 0 Å². The van der Waals surface area contributed by atoms with Crippen molar-refractivity contribution >= 4 is 6.09 Å². The van der Waals surface area contributed by atoms with Crippen molar-refractivity contribution in [1.82, 2.24) is 14.7 Å². The summed E-state index contributed by atoms with van der Waals surface area (Å²) in [6.07, 6.45) is 2.70. The first kappa shape index (κ1) is 13.7. The van der Waals surface area contributed by atoms with E-state index >= 15 is 0 Å². The van der Waals surface area contributed by atoms with Crippen LogP contribution in [0, 0.1) is 6.92 Å². The van der Waals surface area contributed by atoms with E-state index in [0.717, 1.165) is 18.5 Å². The number of rotatable bonds is 2. The molecule has 0 saturated carbocycles. The Kier molecular flexibility index (Phi) is 3.64. The minimum absolute atomic E-state index is 0.365. The number of carbonyl (C=O) groups is 1. The van der Waals surface area contributed by atoms with Crippen molar-refractivity contribution in [3.8, 4) is 5.69 Å². The topological polar surface area (TPSA) is 58.4 Å². The largest absolute Gasteiger partial charge is 0.465 e. The van der Waals surface area contributed by atoms with Crippen molar-refractivity contribution in [1.29, 1.82) is 0 Å². The third kappa shape index (κ3) is 2.77. The van der Waals surface area contributed by atoms with Crippen LogP contribution in [0.4, 0.5) is 4.79 Å². The molecule has 1 fully saturated rings. The van der Waals surface area contributed by atoms with Gasteiger partial charge in [0.25, 0.3) is 0 Å². The molecule has 1 N–H and O–H groups in total. The summed E-state index contributed by atoms with van der Waals surface area (Å²) < 4.78 is 1.97. The van der Waals surface area contributed by atoms with Gasteiger partial charge in [0.2, 0.25) is 0 Å². The molecule has 1 amide bonds. The molecule has 1 saturated heterocycles. The highest BCUT2D eigenvalue weighted by Crippen LogP contribution is 2.29. The molecule has 5 heteroatoms. The third-order valence-electron chi connectivity index (χ3n) is 4.13. The van der Waals surface area contributed by atoms with E-state index in [0.29, 0.717) is 19.0 Å². The van der Waals surface area contributed by atoms with E-state index < -0.39 is 6.09 Å². The number of aromatic nitrogens is 2. The van der Waals surface area contributed by atoms with Crippen LogP contribution in [-0.2, 0) is 0 Å². The Morgan fingerprint density at radius 2 is 1.86 bits per heavy atom. The van der Waals surface area contributed by atoms with E-state index in [9.17, 15) is 4.79 Å². The van der Waals surface area contributed by atoms with Crippen molar-refractivity contribution in [3.05, 3.63) is 47.8 Å². The number of piperidine rings is 1. The summed E-state index contributed by atoms with van der Waals surface area (Å²) >= 11 is 0. The van der Waals surface area contributed by atoms with Crippen molar-refractivity contribution in [3.63, 3.8) is 0 Å². The molecule has 0 unspecified atom stereocenters. The van der Waals surface area contributed by atoms with Crippen LogP contribution < -0.4 is 0 Å². The van der Waals surface area contributed by atoms with E-state index in [4.69, 9.17) is 5.11 Å². The zero-order valence-corrected chi connectivity index (χ0v) is 12.1. The van der Waals surface area contributed by atoms with Crippen LogP contribution in [0.25, 0.3) is 5.69 Å². The van der Waals surface area contributed by atoms with E-state index in [2.05, 4.69) is 36.3 Å². The monoisotopic (exact) mass is 285 g/mol. The number of amides is 1. The second kappa shape index (κ2) is 5.60. The second-order valence-electron chi connectivity index (χ2n) is 5.55. The van der Waals surface area contributed by atoms with Crippen LogP contribution in [0.2, 0.25) is 0 Å². The van der Waals surface area contributed by atoms with Gasteiger partial charge in [0.15, 0.2) is 0 Å². The number of likely N-dealkylation sites (tertiary alicyclic amines) is 1. The molecular weight excluding hydrogens is 266 g/mol. The van der Waals surface area contributed by atoms with Crippen molar-refractivity contribution in [2.24, 2.45) is 0 Å². The number of hydrogen-bond acceptors (Lipinski definition) is 2. The molecule has 1 aromatic carbocycles. The lowest BCUT2D eigenvalue weighted by molar-refractivity contribution is 0.131. The molecule has 0 atom stereocenters. The van der Waals surface area contributed by atoms with Gasteiger partial charge in [-0.05, 0) is 38.0 Å². The van der Waals surface area contributed by atoms with Gasteiger partial charge in [0.05, 0.1) is 5.69 Å². The predicted molar refractivity (Wildman–Crippen MR) is 79.9 cm³/mol. The lowest BCUT2D eigenvalue weighted by Gasteiger charge is -2.30. The number of carboxylic acid groups (broad SMARTS) is 1. The van der Waals surface area contributed by atoms with Gasteiger partial charge in [-0.25, -0.2) is 9.48 Å². The molecule has 1 aromatic heterocycles. The summed E-state index contributed by atoms with van der Waals surface area (Å²) in [5, 5.41) is 13.5. The van der Waals surface area contributed by atoms with E-state index in [1.165, 1.54) is 16.2 Å². The Morgan fingerprint density at radius 3 is 2.48 bits per heavy atom. The Balaban J connectivity index is 1.80. The maximum Gasteiger partial charge on any atom is 0.407 e. The SMILES string of the molecule is Cc1ccc(-n2nccc2C2CCN(C(=O)O)CC2)cc1. The predicted octanol–water partition coefficient (Wildman–Crippen LogP) is 3.04. The summed E-state index contributed by atoms with van der Waals surface area (Å²) in [7, 11) is 0. The van der Waals surface area contributed by atoms with Crippen LogP contribution in [-0.4, -0.2) is 39.0 Å². The summed E-state index contributed by atoms with van der Waals surface area (Å²) in [5.41, 5.74) is 3.45. The van der Waals surface area contributed by atoms with Gasteiger partial charge in [-0.2, -0.15) is 5.10 Å². The van der Waals surface area contributed by atoms with E-state index in [1.807, 2.05) is 16.9 Å². The van der Waals surface area contributed by atoms with Crippen LogP contribution in [0.3, 0.4) is 0 Å². The first-order valence-corrected chi connectivity index (χ1v) is 7.24. The van der Waals surface area contributed by atoms with Crippen LogP contribution in [0.15, 0.2) is 36.5 Å². The minimum Gasteiger partial charge on any atom is -0.465 e. The highest BCUT2D eigenvalue weighted by atomic mass is 16.4. The molecule has 2 aromatic rings. The van der Waals surface area contributed by atoms with Gasteiger partial charge in [-0.15, -0.1) is 0 Å². The lowest BCUT2D eigenvalue weighted by Crippen LogP contribution is -2.37. The number of aryl methyl sites for hydroxylation is 1. The van der Waals surface area contributed by atoms with Crippen molar-refractivity contribution < 1.29 is 9.90 Å². The number of benzene rings is 1. The molecule has 5 nitrogen and oxygen atoms in total. The third-order valence-corrected chi connectivity index (χ3v) is 4.13. The van der Waals surface area contributed by atoms with Crippen LogP contribution >= 0.6 is 0 Å². The fraction of sp³-hybridized carbons (Fsp3) is 0.375. The smallest absolute Gasteiger partial charge is 0.407 e. The summed E-state index contributed by atoms with van der Waals surface area (Å²) in [5.74, 6) is 0.365. The zero-order chi connectivity index (χ0) is 14.8. The molecule has 0 aliphatic carbocycles. The second-order valence-corrected chi connectivity index (χ2v) is 5.55. The van der Waals surface area contributed by atoms with Gasteiger partial charge >= 0.3 is 6.09 Å². The van der Waals surface area contributed by atoms with Gasteiger partial charge < -0.3 is 10.0 Å². The highest BCUT2D eigenvalue weighted by molar-refractivity contribution is 5.65. The van der Waals surface area contributed by atoms with E-state index in [-0.39, 0.29) is 0 Å². The lowest BCUT2D eigenvalue weighted by atomic mass is 9.93. The minimum atomic E-state index is -0.819. The number of hydrogen-bond donors (Lipinski definition) is 1.